The van der Waals surface area contributed by atoms with E-state index in [-0.39, 0.29) is 0 Å². The molecule has 2 nitrogen and oxygen atoms in total. The van der Waals surface area contributed by atoms with Crippen LogP contribution in [-0.2, 0) is 0 Å². The Morgan fingerprint density at radius 3 is 1.31 bits per heavy atom. The van der Waals surface area contributed by atoms with Crippen molar-refractivity contribution in [3.63, 3.8) is 0 Å². The van der Waals surface area contributed by atoms with Gasteiger partial charge in [-0.3, -0.25) is 9.97 Å². The molecule has 0 unspecified atom stereocenters. The van der Waals surface area contributed by atoms with E-state index >= 15 is 0 Å². The first-order valence-electron chi connectivity index (χ1n) is 19.8. The number of benzene rings is 9. The van der Waals surface area contributed by atoms with Crippen molar-refractivity contribution in [1.29, 1.82) is 0 Å². The van der Waals surface area contributed by atoms with Crippen molar-refractivity contribution < 1.29 is 0 Å². The van der Waals surface area contributed by atoms with Crippen LogP contribution in [0.3, 0.4) is 0 Å². The van der Waals surface area contributed by atoms with E-state index < -0.39 is 0 Å². The van der Waals surface area contributed by atoms with Crippen LogP contribution in [0.25, 0.3) is 110 Å². The number of pyridine rings is 2. The average molecular weight is 737 g/mol. The minimum absolute atomic E-state index is 0.907. The molecule has 2 heterocycles. The summed E-state index contributed by atoms with van der Waals surface area (Å²) >= 11 is 0. The van der Waals surface area contributed by atoms with Crippen LogP contribution in [0.1, 0.15) is 0 Å². The van der Waals surface area contributed by atoms with Gasteiger partial charge in [-0.25, -0.2) is 0 Å². The number of aromatic nitrogens is 2. The Hall–Kier alpha value is -7.68. The number of hydrogen-bond acceptors (Lipinski definition) is 2. The molecule has 0 N–H and O–H groups in total. The molecular weight excluding hydrogens is 701 g/mol. The van der Waals surface area contributed by atoms with Crippen LogP contribution in [-0.4, -0.2) is 9.97 Å². The molecule has 0 saturated heterocycles. The summed E-state index contributed by atoms with van der Waals surface area (Å²) in [5, 5.41) is 9.90. The van der Waals surface area contributed by atoms with Crippen molar-refractivity contribution in [3.8, 4) is 66.9 Å². The molecule has 0 aliphatic rings. The molecule has 0 saturated carbocycles. The lowest BCUT2D eigenvalue weighted by atomic mass is 9.84. The summed E-state index contributed by atoms with van der Waals surface area (Å²) in [5.41, 5.74) is 13.9. The van der Waals surface area contributed by atoms with Gasteiger partial charge >= 0.3 is 0 Å². The van der Waals surface area contributed by atoms with Gasteiger partial charge in [-0.2, -0.15) is 0 Å². The van der Waals surface area contributed by atoms with Crippen molar-refractivity contribution in [3.05, 3.63) is 219 Å². The Morgan fingerprint density at radius 2 is 0.759 bits per heavy atom. The second-order valence-corrected chi connectivity index (χ2v) is 14.9. The third-order valence-electron chi connectivity index (χ3n) is 11.6. The molecule has 0 spiro atoms. The molecule has 11 aromatic rings. The van der Waals surface area contributed by atoms with Gasteiger partial charge in [0.15, 0.2) is 0 Å². The van der Waals surface area contributed by atoms with Gasteiger partial charge in [0.2, 0.25) is 0 Å². The Kier molecular flexibility index (Phi) is 8.19. The highest BCUT2D eigenvalue weighted by atomic mass is 14.7. The molecular formula is C56H36N2. The minimum atomic E-state index is 0.907. The highest BCUT2D eigenvalue weighted by Crippen LogP contribution is 2.46. The first-order valence-corrected chi connectivity index (χ1v) is 19.8. The zero-order valence-electron chi connectivity index (χ0n) is 31.7. The van der Waals surface area contributed by atoms with E-state index in [4.69, 9.17) is 4.98 Å². The topological polar surface area (TPSA) is 25.8 Å². The summed E-state index contributed by atoms with van der Waals surface area (Å²) in [6, 6.07) is 72.8. The fourth-order valence-corrected chi connectivity index (χ4v) is 8.82. The van der Waals surface area contributed by atoms with E-state index in [2.05, 4.69) is 193 Å². The SMILES string of the molecule is c1cncc(-c2ccc(-c3ccc4c(-c5ccc(-c6cccc7ccccc67)cc5)c5ccccc5c(-c5ccc(-c6cccc7ccccc67)cc5)c4c3)cn2)c1. The van der Waals surface area contributed by atoms with Crippen molar-refractivity contribution in [2.24, 2.45) is 0 Å². The molecule has 0 aliphatic carbocycles. The summed E-state index contributed by atoms with van der Waals surface area (Å²) in [6.07, 6.45) is 5.63. The Labute approximate surface area is 337 Å². The summed E-state index contributed by atoms with van der Waals surface area (Å²) in [6.45, 7) is 0. The van der Waals surface area contributed by atoms with Crippen LogP contribution in [0.2, 0.25) is 0 Å². The van der Waals surface area contributed by atoms with Crippen molar-refractivity contribution >= 4 is 43.1 Å². The standard InChI is InChI=1S/C56H36N2/c1-3-15-46-37(10-1)12-7-19-48(46)39-21-25-41(26-22-39)55-50-17-5-6-18-51(50)56(42-27-23-40(24-28-42)49-20-8-13-38-11-2-4-16-47(38)49)53-34-43(29-31-52(53)55)44-30-32-54(58-36-44)45-14-9-33-57-35-45/h1-36H. The van der Waals surface area contributed by atoms with Gasteiger partial charge in [-0.1, -0.05) is 176 Å². The van der Waals surface area contributed by atoms with Crippen LogP contribution in [0.5, 0.6) is 0 Å². The summed E-state index contributed by atoms with van der Waals surface area (Å²) in [7, 11) is 0. The predicted octanol–water partition coefficient (Wildman–Crippen LogP) is 15.1. The summed E-state index contributed by atoms with van der Waals surface area (Å²) in [4.78, 5) is 9.17. The molecule has 58 heavy (non-hydrogen) atoms. The number of nitrogens with zero attached hydrogens (tertiary/aromatic N) is 2. The molecule has 2 aromatic heterocycles. The normalized spacial score (nSPS) is 11.4. The third kappa shape index (κ3) is 5.82. The lowest BCUT2D eigenvalue weighted by Crippen LogP contribution is -1.92. The zero-order chi connectivity index (χ0) is 38.4. The Morgan fingerprint density at radius 1 is 0.276 bits per heavy atom. The van der Waals surface area contributed by atoms with Gasteiger partial charge in [-0.15, -0.1) is 0 Å². The molecule has 0 bridgehead atoms. The lowest BCUT2D eigenvalue weighted by Gasteiger charge is -2.19. The average Bonchev–Trinajstić information content (AvgIpc) is 3.31. The van der Waals surface area contributed by atoms with Crippen LogP contribution in [0.15, 0.2) is 219 Å². The zero-order valence-corrected chi connectivity index (χ0v) is 31.7. The van der Waals surface area contributed by atoms with Gasteiger partial charge in [0.05, 0.1) is 5.69 Å². The maximum Gasteiger partial charge on any atom is 0.0717 e. The highest BCUT2D eigenvalue weighted by Gasteiger charge is 2.18. The van der Waals surface area contributed by atoms with E-state index in [9.17, 15) is 0 Å². The van der Waals surface area contributed by atoms with Crippen molar-refractivity contribution in [1.82, 2.24) is 9.97 Å². The van der Waals surface area contributed by atoms with Crippen LogP contribution in [0, 0.1) is 0 Å². The third-order valence-corrected chi connectivity index (χ3v) is 11.6. The van der Waals surface area contributed by atoms with Gasteiger partial charge < -0.3 is 0 Å². The smallest absolute Gasteiger partial charge is 0.0717 e. The molecule has 0 fully saturated rings. The Bertz CT molecular complexity index is 3280. The van der Waals surface area contributed by atoms with E-state index in [0.29, 0.717) is 0 Å². The molecule has 2 heteroatoms. The van der Waals surface area contributed by atoms with Gasteiger partial charge in [-0.05, 0) is 117 Å². The van der Waals surface area contributed by atoms with Crippen molar-refractivity contribution in [2.75, 3.05) is 0 Å². The molecule has 0 atom stereocenters. The van der Waals surface area contributed by atoms with E-state index in [0.717, 1.165) is 22.4 Å². The maximum absolute atomic E-state index is 4.87. The first-order chi connectivity index (χ1) is 28.8. The highest BCUT2D eigenvalue weighted by molar-refractivity contribution is 6.22. The number of hydrogen-bond donors (Lipinski definition) is 0. The van der Waals surface area contributed by atoms with Crippen LogP contribution < -0.4 is 0 Å². The maximum atomic E-state index is 4.87. The molecule has 11 rings (SSSR count). The molecule has 0 radical (unpaired) electrons. The number of fused-ring (bicyclic) bond motifs is 4. The van der Waals surface area contributed by atoms with Crippen LogP contribution >= 0.6 is 0 Å². The van der Waals surface area contributed by atoms with E-state index in [1.54, 1.807) is 6.20 Å². The van der Waals surface area contributed by atoms with Gasteiger partial charge in [0, 0.05) is 29.7 Å². The first kappa shape index (κ1) is 33.6. The monoisotopic (exact) mass is 736 g/mol. The fourth-order valence-electron chi connectivity index (χ4n) is 8.82. The van der Waals surface area contributed by atoms with E-state index in [1.807, 2.05) is 24.5 Å². The van der Waals surface area contributed by atoms with Crippen LogP contribution in [0.4, 0.5) is 0 Å². The van der Waals surface area contributed by atoms with Gasteiger partial charge in [0.1, 0.15) is 0 Å². The van der Waals surface area contributed by atoms with E-state index in [1.165, 1.54) is 87.6 Å². The predicted molar refractivity (Wildman–Crippen MR) is 245 cm³/mol. The molecule has 9 aromatic carbocycles. The second kappa shape index (κ2) is 14.1. The van der Waals surface area contributed by atoms with Gasteiger partial charge in [0.25, 0.3) is 0 Å². The summed E-state index contributed by atoms with van der Waals surface area (Å²) < 4.78 is 0. The minimum Gasteiger partial charge on any atom is -0.264 e. The largest absolute Gasteiger partial charge is 0.264 e. The van der Waals surface area contributed by atoms with Crippen molar-refractivity contribution in [2.45, 2.75) is 0 Å². The quantitative estimate of drug-likeness (QED) is 0.159. The summed E-state index contributed by atoms with van der Waals surface area (Å²) in [5.74, 6) is 0. The number of rotatable bonds is 6. The second-order valence-electron chi connectivity index (χ2n) is 14.9. The molecule has 270 valence electrons. The lowest BCUT2D eigenvalue weighted by molar-refractivity contribution is 1.28. The fraction of sp³-hybridized carbons (Fsp3) is 0. The molecule has 0 amide bonds. The Balaban J connectivity index is 1.10. The molecule has 0 aliphatic heterocycles.